The number of carbonyl (C=O) groups is 1. The molecule has 1 atom stereocenters. The van der Waals surface area contributed by atoms with E-state index in [9.17, 15) is 13.6 Å². The molecule has 1 N–H and O–H groups in total. The van der Waals surface area contributed by atoms with Gasteiger partial charge in [-0.05, 0) is 0 Å². The Labute approximate surface area is 81.4 Å². The monoisotopic (exact) mass is 238 g/mol. The Bertz CT molecular complexity index is 243. The van der Waals surface area contributed by atoms with E-state index in [1.54, 1.807) is 0 Å². The summed E-state index contributed by atoms with van der Waals surface area (Å²) >= 11 is 15.5. The van der Waals surface area contributed by atoms with E-state index in [1.807, 2.05) is 0 Å². The van der Waals surface area contributed by atoms with Gasteiger partial charge in [0, 0.05) is 6.42 Å². The number of carboxylic acid groups (broad SMARTS) is 1. The number of hydrogen-bond acceptors (Lipinski definition) is 1. The lowest BCUT2D eigenvalue weighted by atomic mass is 9.79. The van der Waals surface area contributed by atoms with Gasteiger partial charge in [0.15, 0.2) is 4.87 Å². The predicted molar refractivity (Wildman–Crippen MR) is 40.2 cm³/mol. The highest BCUT2D eigenvalue weighted by atomic mass is 35.5. The molecule has 0 saturated heterocycles. The lowest BCUT2D eigenvalue weighted by Gasteiger charge is -2.50. The van der Waals surface area contributed by atoms with Gasteiger partial charge in [0.05, 0.1) is 0 Å². The van der Waals surface area contributed by atoms with Crippen molar-refractivity contribution in [3.05, 3.63) is 0 Å². The first-order valence-corrected chi connectivity index (χ1v) is 3.96. The molecule has 0 bridgehead atoms. The van der Waals surface area contributed by atoms with Crippen molar-refractivity contribution < 1.29 is 18.7 Å². The van der Waals surface area contributed by atoms with Crippen LogP contribution in [0.2, 0.25) is 0 Å². The number of aliphatic carboxylic acids is 1. The van der Waals surface area contributed by atoms with Gasteiger partial charge in [-0.2, -0.15) is 0 Å². The Morgan fingerprint density at radius 1 is 1.33 bits per heavy atom. The minimum absolute atomic E-state index is 1.05. The molecule has 0 aromatic rings. The summed E-state index contributed by atoms with van der Waals surface area (Å²) in [6.45, 7) is 0. The quantitative estimate of drug-likeness (QED) is 0.713. The Kier molecular flexibility index (Phi) is 2.03. The number of hydrogen-bond donors (Lipinski definition) is 1. The molecule has 0 heterocycles. The molecule has 1 rings (SSSR count). The molecule has 0 radical (unpaired) electrons. The van der Waals surface area contributed by atoms with Gasteiger partial charge < -0.3 is 5.11 Å². The van der Waals surface area contributed by atoms with E-state index in [-0.39, 0.29) is 0 Å². The van der Waals surface area contributed by atoms with E-state index in [0.29, 0.717) is 0 Å². The van der Waals surface area contributed by atoms with Crippen molar-refractivity contribution in [1.82, 2.24) is 0 Å². The van der Waals surface area contributed by atoms with Crippen LogP contribution >= 0.6 is 34.8 Å². The molecule has 1 saturated carbocycles. The van der Waals surface area contributed by atoms with Crippen LogP contribution in [0.15, 0.2) is 0 Å². The van der Waals surface area contributed by atoms with Gasteiger partial charge in [0.25, 0.3) is 5.92 Å². The third kappa shape index (κ3) is 0.947. The van der Waals surface area contributed by atoms with Crippen LogP contribution < -0.4 is 0 Å². The predicted octanol–water partition coefficient (Wildman–Crippen LogP) is 2.26. The number of alkyl halides is 5. The molecule has 0 amide bonds. The summed E-state index contributed by atoms with van der Waals surface area (Å²) < 4.78 is 22.4. The second-order valence-corrected chi connectivity index (χ2v) is 4.53. The maximum absolute atomic E-state index is 12.6. The first-order chi connectivity index (χ1) is 5.15. The smallest absolute Gasteiger partial charge is 0.328 e. The van der Waals surface area contributed by atoms with Crippen molar-refractivity contribution in [2.45, 2.75) is 21.6 Å². The summed E-state index contributed by atoms with van der Waals surface area (Å²) in [6.07, 6.45) is -1.05. The second kappa shape index (κ2) is 2.36. The summed E-state index contributed by atoms with van der Waals surface area (Å²) in [7, 11) is 0. The van der Waals surface area contributed by atoms with Crippen molar-refractivity contribution in [2.24, 2.45) is 0 Å². The van der Waals surface area contributed by atoms with Gasteiger partial charge in [0.1, 0.15) is 0 Å². The first kappa shape index (κ1) is 10.3. The van der Waals surface area contributed by atoms with E-state index in [2.05, 4.69) is 0 Å². The normalized spacial score (nSPS) is 37.1. The summed E-state index contributed by atoms with van der Waals surface area (Å²) in [5, 5.41) is 8.43. The SMILES string of the molecule is O=C(O)C1(Cl)CC(F)(F)C1(Cl)Cl. The summed E-state index contributed by atoms with van der Waals surface area (Å²) in [6, 6.07) is 0. The van der Waals surface area contributed by atoms with Gasteiger partial charge in [0.2, 0.25) is 4.33 Å². The summed E-state index contributed by atoms with van der Waals surface area (Å²) in [5.41, 5.74) is 0. The maximum Gasteiger partial charge on any atom is 0.328 e. The van der Waals surface area contributed by atoms with Crippen molar-refractivity contribution in [2.75, 3.05) is 0 Å². The molecule has 1 unspecified atom stereocenters. The van der Waals surface area contributed by atoms with E-state index >= 15 is 0 Å². The van der Waals surface area contributed by atoms with Crippen molar-refractivity contribution in [1.29, 1.82) is 0 Å². The maximum atomic E-state index is 12.6. The number of rotatable bonds is 1. The van der Waals surface area contributed by atoms with Gasteiger partial charge in [-0.3, -0.25) is 4.79 Å². The lowest BCUT2D eigenvalue weighted by molar-refractivity contribution is -0.163. The van der Waals surface area contributed by atoms with E-state index in [4.69, 9.17) is 39.9 Å². The van der Waals surface area contributed by atoms with Crippen LogP contribution in [-0.2, 0) is 4.79 Å². The zero-order valence-corrected chi connectivity index (χ0v) is 7.72. The molecular formula is C5H3Cl3F2O2. The minimum Gasteiger partial charge on any atom is -0.480 e. The van der Waals surface area contributed by atoms with Crippen LogP contribution in [0.25, 0.3) is 0 Å². The summed E-state index contributed by atoms with van der Waals surface area (Å²) in [5.74, 6) is -5.09. The standard InChI is InChI=1S/C5H3Cl3F2O2/c6-3(2(11)12)1-4(9,10)5(3,7)8/h1H2,(H,11,12). The van der Waals surface area contributed by atoms with Crippen LogP contribution in [0.5, 0.6) is 0 Å². The molecule has 0 spiro atoms. The van der Waals surface area contributed by atoms with Gasteiger partial charge in [-0.1, -0.05) is 23.2 Å². The third-order valence-electron chi connectivity index (χ3n) is 1.76. The molecule has 0 aromatic heterocycles. The second-order valence-electron chi connectivity index (χ2n) is 2.56. The van der Waals surface area contributed by atoms with Gasteiger partial charge >= 0.3 is 5.97 Å². The third-order valence-corrected chi connectivity index (χ3v) is 3.73. The molecule has 1 fully saturated rings. The Morgan fingerprint density at radius 2 is 1.75 bits per heavy atom. The molecule has 0 aromatic carbocycles. The highest BCUT2D eigenvalue weighted by molar-refractivity contribution is 6.59. The zero-order chi connectivity index (χ0) is 9.78. The van der Waals surface area contributed by atoms with Gasteiger partial charge in [-0.25, -0.2) is 8.78 Å². The number of halogens is 5. The van der Waals surface area contributed by atoms with Crippen LogP contribution in [0.4, 0.5) is 8.78 Å². The minimum atomic E-state index is -3.45. The van der Waals surface area contributed by atoms with Gasteiger partial charge in [-0.15, -0.1) is 11.6 Å². The van der Waals surface area contributed by atoms with Crippen LogP contribution in [0.1, 0.15) is 6.42 Å². The topological polar surface area (TPSA) is 37.3 Å². The molecule has 1 aliphatic rings. The van der Waals surface area contributed by atoms with E-state index in [0.717, 1.165) is 0 Å². The fourth-order valence-corrected chi connectivity index (χ4v) is 1.66. The van der Waals surface area contributed by atoms with Crippen LogP contribution in [0, 0.1) is 0 Å². The van der Waals surface area contributed by atoms with Crippen molar-refractivity contribution >= 4 is 40.8 Å². The van der Waals surface area contributed by atoms with E-state index < -0.39 is 27.5 Å². The molecule has 7 heteroatoms. The van der Waals surface area contributed by atoms with E-state index in [1.165, 1.54) is 0 Å². The van der Waals surface area contributed by atoms with Crippen molar-refractivity contribution in [3.63, 3.8) is 0 Å². The zero-order valence-electron chi connectivity index (χ0n) is 5.45. The Hall–Kier alpha value is 0.200. The number of carboxylic acids is 1. The Morgan fingerprint density at radius 3 is 1.83 bits per heavy atom. The molecule has 12 heavy (non-hydrogen) atoms. The average molecular weight is 239 g/mol. The van der Waals surface area contributed by atoms with Crippen molar-refractivity contribution in [3.8, 4) is 0 Å². The fourth-order valence-electron chi connectivity index (χ4n) is 0.921. The van der Waals surface area contributed by atoms with Crippen LogP contribution in [-0.4, -0.2) is 26.2 Å². The Balaban J connectivity index is 2.99. The molecule has 2 nitrogen and oxygen atoms in total. The molecule has 0 aliphatic heterocycles. The average Bonchev–Trinajstić information content (AvgIpc) is 1.85. The fraction of sp³-hybridized carbons (Fsp3) is 0.800. The molecular weight excluding hydrogens is 236 g/mol. The largest absolute Gasteiger partial charge is 0.480 e. The van der Waals surface area contributed by atoms with Crippen LogP contribution in [0.3, 0.4) is 0 Å². The summed E-state index contributed by atoms with van der Waals surface area (Å²) in [4.78, 5) is 8.09. The first-order valence-electron chi connectivity index (χ1n) is 2.83. The lowest BCUT2D eigenvalue weighted by Crippen LogP contribution is -2.70. The highest BCUT2D eigenvalue weighted by Gasteiger charge is 2.79. The molecule has 1 aliphatic carbocycles. The highest BCUT2D eigenvalue weighted by Crippen LogP contribution is 2.63. The molecule has 70 valence electrons.